The SMILES string of the molecule is NC(c1ccc(I)c(Cl)c1)c1cc2cccc(Cl)c2o1. The largest absolute Gasteiger partial charge is 0.457 e. The van der Waals surface area contributed by atoms with Crippen molar-refractivity contribution in [1.29, 1.82) is 0 Å². The molecule has 0 amide bonds. The molecule has 2 N–H and O–H groups in total. The summed E-state index contributed by atoms with van der Waals surface area (Å²) >= 11 is 14.4. The zero-order valence-electron chi connectivity index (χ0n) is 10.2. The molecule has 0 bridgehead atoms. The van der Waals surface area contributed by atoms with E-state index in [2.05, 4.69) is 22.6 Å². The van der Waals surface area contributed by atoms with Crippen LogP contribution >= 0.6 is 45.8 Å². The molecule has 0 fully saturated rings. The molecule has 1 heterocycles. The number of halogens is 3. The zero-order chi connectivity index (χ0) is 14.3. The number of hydrogen-bond acceptors (Lipinski definition) is 2. The molecule has 2 aromatic carbocycles. The van der Waals surface area contributed by atoms with E-state index in [0.717, 1.165) is 14.5 Å². The number of benzene rings is 2. The summed E-state index contributed by atoms with van der Waals surface area (Å²) in [6.45, 7) is 0. The Morgan fingerprint density at radius 1 is 1.05 bits per heavy atom. The second-order valence-corrected chi connectivity index (χ2v) is 6.43. The van der Waals surface area contributed by atoms with Gasteiger partial charge in [0.2, 0.25) is 0 Å². The number of nitrogens with two attached hydrogens (primary N) is 1. The van der Waals surface area contributed by atoms with Crippen LogP contribution in [-0.2, 0) is 0 Å². The number of hydrogen-bond donors (Lipinski definition) is 1. The molecule has 0 saturated heterocycles. The number of fused-ring (bicyclic) bond motifs is 1. The Balaban J connectivity index is 2.05. The van der Waals surface area contributed by atoms with E-state index in [4.69, 9.17) is 33.4 Å². The minimum Gasteiger partial charge on any atom is -0.457 e. The average molecular weight is 418 g/mol. The molecule has 0 aliphatic heterocycles. The summed E-state index contributed by atoms with van der Waals surface area (Å²) in [6, 6.07) is 12.9. The molecule has 3 aromatic rings. The van der Waals surface area contributed by atoms with Crippen molar-refractivity contribution < 1.29 is 4.42 Å². The predicted octanol–water partition coefficient (Wildman–Crippen LogP) is 5.39. The van der Waals surface area contributed by atoms with Crippen LogP contribution in [0, 0.1) is 3.57 Å². The summed E-state index contributed by atoms with van der Waals surface area (Å²) in [5.41, 5.74) is 7.82. The van der Waals surface area contributed by atoms with Gasteiger partial charge in [-0.25, -0.2) is 0 Å². The van der Waals surface area contributed by atoms with Crippen LogP contribution in [0.2, 0.25) is 10.0 Å². The second kappa shape index (κ2) is 5.56. The maximum absolute atomic E-state index is 6.25. The Kier molecular flexibility index (Phi) is 3.95. The summed E-state index contributed by atoms with van der Waals surface area (Å²) in [7, 11) is 0. The molecular formula is C15H10Cl2INO. The third kappa shape index (κ3) is 2.55. The standard InChI is InChI=1S/C15H10Cl2INO/c16-10-3-1-2-9-7-13(20-15(9)10)14(19)8-4-5-12(18)11(17)6-8/h1-7,14H,19H2. The van der Waals surface area contributed by atoms with Crippen molar-refractivity contribution in [3.63, 3.8) is 0 Å². The van der Waals surface area contributed by atoms with Gasteiger partial charge in [-0.2, -0.15) is 0 Å². The lowest BCUT2D eigenvalue weighted by Crippen LogP contribution is -2.10. The van der Waals surface area contributed by atoms with Crippen molar-refractivity contribution in [3.05, 3.63) is 67.4 Å². The fourth-order valence-corrected chi connectivity index (χ4v) is 2.82. The number of furan rings is 1. The Labute approximate surface area is 140 Å². The number of para-hydroxylation sites is 1. The Hall–Kier alpha value is -0.750. The van der Waals surface area contributed by atoms with Crippen LogP contribution in [0.4, 0.5) is 0 Å². The van der Waals surface area contributed by atoms with E-state index < -0.39 is 0 Å². The van der Waals surface area contributed by atoms with Crippen molar-refractivity contribution in [2.24, 2.45) is 5.73 Å². The first-order chi connectivity index (χ1) is 9.56. The summed E-state index contributed by atoms with van der Waals surface area (Å²) in [5.74, 6) is 0.672. The molecule has 1 atom stereocenters. The van der Waals surface area contributed by atoms with E-state index in [0.29, 0.717) is 21.4 Å². The molecule has 102 valence electrons. The first-order valence-corrected chi connectivity index (χ1v) is 7.78. The molecule has 1 aromatic heterocycles. The van der Waals surface area contributed by atoms with Gasteiger partial charge in [-0.05, 0) is 52.4 Å². The van der Waals surface area contributed by atoms with Gasteiger partial charge in [-0.1, -0.05) is 41.4 Å². The molecule has 0 aliphatic rings. The van der Waals surface area contributed by atoms with Crippen LogP contribution in [0.5, 0.6) is 0 Å². The van der Waals surface area contributed by atoms with Crippen molar-refractivity contribution in [1.82, 2.24) is 0 Å². The maximum atomic E-state index is 6.25. The van der Waals surface area contributed by atoms with Crippen LogP contribution in [0.15, 0.2) is 46.9 Å². The lowest BCUT2D eigenvalue weighted by Gasteiger charge is -2.10. The highest BCUT2D eigenvalue weighted by Gasteiger charge is 2.16. The van der Waals surface area contributed by atoms with Gasteiger partial charge in [-0.15, -0.1) is 0 Å². The van der Waals surface area contributed by atoms with E-state index in [1.165, 1.54) is 0 Å². The van der Waals surface area contributed by atoms with Crippen molar-refractivity contribution in [2.45, 2.75) is 6.04 Å². The molecule has 0 spiro atoms. The average Bonchev–Trinajstić information content (AvgIpc) is 2.86. The summed E-state index contributed by atoms with van der Waals surface area (Å²) < 4.78 is 6.78. The molecule has 1 unspecified atom stereocenters. The summed E-state index contributed by atoms with van der Waals surface area (Å²) in [4.78, 5) is 0. The highest BCUT2D eigenvalue weighted by molar-refractivity contribution is 14.1. The zero-order valence-corrected chi connectivity index (χ0v) is 13.9. The van der Waals surface area contributed by atoms with Gasteiger partial charge in [0.15, 0.2) is 5.58 Å². The second-order valence-electron chi connectivity index (χ2n) is 4.46. The Morgan fingerprint density at radius 2 is 1.85 bits per heavy atom. The number of rotatable bonds is 2. The van der Waals surface area contributed by atoms with Crippen LogP contribution in [0.1, 0.15) is 17.4 Å². The molecule has 2 nitrogen and oxygen atoms in total. The minimum absolute atomic E-state index is 0.368. The molecule has 0 aliphatic carbocycles. The van der Waals surface area contributed by atoms with Crippen LogP contribution in [0.25, 0.3) is 11.0 Å². The molecule has 3 rings (SSSR count). The lowest BCUT2D eigenvalue weighted by atomic mass is 10.1. The highest BCUT2D eigenvalue weighted by atomic mass is 127. The minimum atomic E-state index is -0.368. The third-order valence-corrected chi connectivity index (χ3v) is 4.99. The van der Waals surface area contributed by atoms with Crippen molar-refractivity contribution in [2.75, 3.05) is 0 Å². The van der Waals surface area contributed by atoms with E-state index in [1.54, 1.807) is 6.07 Å². The predicted molar refractivity (Wildman–Crippen MR) is 91.4 cm³/mol. The van der Waals surface area contributed by atoms with Gasteiger partial charge in [-0.3, -0.25) is 0 Å². The molecule has 0 saturated carbocycles. The Bertz CT molecular complexity index is 785. The van der Waals surface area contributed by atoms with Gasteiger partial charge in [0.05, 0.1) is 16.1 Å². The van der Waals surface area contributed by atoms with Crippen molar-refractivity contribution in [3.8, 4) is 0 Å². The summed E-state index contributed by atoms with van der Waals surface area (Å²) in [6.07, 6.45) is 0. The smallest absolute Gasteiger partial charge is 0.152 e. The summed E-state index contributed by atoms with van der Waals surface area (Å²) in [5, 5.41) is 2.22. The molecule has 0 radical (unpaired) electrons. The van der Waals surface area contributed by atoms with Gasteiger partial charge in [0, 0.05) is 8.96 Å². The quantitative estimate of drug-likeness (QED) is 0.567. The molecule has 5 heteroatoms. The van der Waals surface area contributed by atoms with E-state index in [-0.39, 0.29) is 6.04 Å². The Morgan fingerprint density at radius 3 is 2.55 bits per heavy atom. The third-order valence-electron chi connectivity index (χ3n) is 3.12. The maximum Gasteiger partial charge on any atom is 0.152 e. The van der Waals surface area contributed by atoms with Gasteiger partial charge in [0.25, 0.3) is 0 Å². The molecular weight excluding hydrogens is 408 g/mol. The topological polar surface area (TPSA) is 39.2 Å². The monoisotopic (exact) mass is 417 g/mol. The van der Waals surface area contributed by atoms with E-state index in [9.17, 15) is 0 Å². The van der Waals surface area contributed by atoms with E-state index in [1.807, 2.05) is 36.4 Å². The van der Waals surface area contributed by atoms with Crippen LogP contribution in [-0.4, -0.2) is 0 Å². The lowest BCUT2D eigenvalue weighted by molar-refractivity contribution is 0.525. The fraction of sp³-hybridized carbons (Fsp3) is 0.0667. The van der Waals surface area contributed by atoms with Gasteiger partial charge in [0.1, 0.15) is 5.76 Å². The fourth-order valence-electron chi connectivity index (χ4n) is 2.07. The van der Waals surface area contributed by atoms with Gasteiger partial charge < -0.3 is 10.2 Å². The molecule has 20 heavy (non-hydrogen) atoms. The first-order valence-electron chi connectivity index (χ1n) is 5.95. The normalized spacial score (nSPS) is 12.8. The van der Waals surface area contributed by atoms with E-state index >= 15 is 0 Å². The first kappa shape index (κ1) is 14.2. The van der Waals surface area contributed by atoms with Crippen molar-refractivity contribution >= 4 is 56.8 Å². The van der Waals surface area contributed by atoms with Gasteiger partial charge >= 0.3 is 0 Å². The highest BCUT2D eigenvalue weighted by Crippen LogP contribution is 2.32. The van der Waals surface area contributed by atoms with Crippen LogP contribution < -0.4 is 5.73 Å². The van der Waals surface area contributed by atoms with Crippen LogP contribution in [0.3, 0.4) is 0 Å².